The van der Waals surface area contributed by atoms with Crippen molar-refractivity contribution >= 4 is 22.3 Å². The zero-order valence-electron chi connectivity index (χ0n) is 15.4. The molecule has 156 valence electrons. The lowest BCUT2D eigenvalue weighted by Gasteiger charge is -2.15. The van der Waals surface area contributed by atoms with E-state index in [1.165, 1.54) is 0 Å². The Morgan fingerprint density at radius 2 is 2.00 bits per heavy atom. The standard InChI is InChI=1S/C19H15F3N5O2S/c20-14-10-27(18(21)22)25-17(14)30(29)26-19(28)24-16-12-7-4-8-15(12)23-9-13(16)11-5-2-1-3-6-11/h1-3,5-6,9-10,18H,4,7-8H2,(H,23,24,28)/q-1. The maximum atomic E-state index is 13.8. The molecule has 4 rings (SSSR count). The Morgan fingerprint density at radius 1 is 1.23 bits per heavy atom. The third kappa shape index (κ3) is 3.92. The minimum Gasteiger partial charge on any atom is -0.438 e. The molecule has 0 fully saturated rings. The average Bonchev–Trinajstić information content (AvgIpc) is 3.35. The van der Waals surface area contributed by atoms with Crippen LogP contribution in [0.15, 0.2) is 52.1 Å². The molecule has 11 heteroatoms. The number of nitrogens with zero attached hydrogens (tertiary/aromatic N) is 4. The number of aromatic nitrogens is 3. The number of nitrogens with one attached hydrogen (secondary N) is 1. The number of benzene rings is 1. The van der Waals surface area contributed by atoms with E-state index in [2.05, 4.69) is 19.8 Å². The highest BCUT2D eigenvalue weighted by Gasteiger charge is 2.21. The van der Waals surface area contributed by atoms with Gasteiger partial charge in [-0.25, -0.2) is 13.9 Å². The first-order chi connectivity index (χ1) is 14.4. The largest absolute Gasteiger partial charge is 0.438 e. The third-order valence-electron chi connectivity index (χ3n) is 4.61. The summed E-state index contributed by atoms with van der Waals surface area (Å²) in [6.07, 6.45) is 4.40. The van der Waals surface area contributed by atoms with Crippen LogP contribution in [0, 0.1) is 5.82 Å². The first-order valence-electron chi connectivity index (χ1n) is 8.97. The van der Waals surface area contributed by atoms with Gasteiger partial charge in [0.1, 0.15) is 5.82 Å². The van der Waals surface area contributed by atoms with E-state index in [-0.39, 0.29) is 4.68 Å². The van der Waals surface area contributed by atoms with Gasteiger partial charge in [0, 0.05) is 22.5 Å². The number of hydrogen-bond acceptors (Lipinski definition) is 5. The topological polar surface area (TPSA) is 89.2 Å². The van der Waals surface area contributed by atoms with E-state index in [1.54, 1.807) is 6.20 Å². The lowest BCUT2D eigenvalue weighted by Crippen LogP contribution is -2.11. The van der Waals surface area contributed by atoms with Gasteiger partial charge < -0.3 is 13.9 Å². The number of pyridine rings is 1. The Kier molecular flexibility index (Phi) is 5.53. The highest BCUT2D eigenvalue weighted by molar-refractivity contribution is 7.75. The fraction of sp³-hybridized carbons (Fsp3) is 0.211. The van der Waals surface area contributed by atoms with E-state index in [1.807, 2.05) is 30.3 Å². The van der Waals surface area contributed by atoms with Crippen molar-refractivity contribution in [3.63, 3.8) is 0 Å². The zero-order chi connectivity index (χ0) is 21.3. The fourth-order valence-corrected chi connectivity index (χ4v) is 3.97. The van der Waals surface area contributed by atoms with Crippen LogP contribution in [0.2, 0.25) is 0 Å². The number of carbonyl (C=O) groups excluding carboxylic acids is 1. The van der Waals surface area contributed by atoms with Gasteiger partial charge in [-0.15, -0.1) is 10.6 Å². The molecule has 30 heavy (non-hydrogen) atoms. The van der Waals surface area contributed by atoms with Crippen molar-refractivity contribution < 1.29 is 22.2 Å². The molecular formula is C19H15F3N5O2S-. The summed E-state index contributed by atoms with van der Waals surface area (Å²) in [6, 6.07) is 8.25. The van der Waals surface area contributed by atoms with Gasteiger partial charge in [-0.2, -0.15) is 13.9 Å². The number of carbonyl (C=O) groups is 1. The summed E-state index contributed by atoms with van der Waals surface area (Å²) < 4.78 is 54.6. The molecule has 0 radical (unpaired) electrons. The number of aryl methyl sites for hydroxylation is 1. The molecule has 1 aliphatic carbocycles. The minimum atomic E-state index is -3.10. The molecule has 0 unspecified atom stereocenters. The second kappa shape index (κ2) is 8.27. The van der Waals surface area contributed by atoms with Gasteiger partial charge in [0.25, 0.3) is 0 Å². The lowest BCUT2D eigenvalue weighted by atomic mass is 10.0. The van der Waals surface area contributed by atoms with E-state index in [0.717, 1.165) is 29.7 Å². The third-order valence-corrected chi connectivity index (χ3v) is 5.55. The van der Waals surface area contributed by atoms with Crippen molar-refractivity contribution in [2.45, 2.75) is 30.8 Å². The van der Waals surface area contributed by atoms with Gasteiger partial charge in [0.2, 0.25) is 0 Å². The molecule has 2 heterocycles. The van der Waals surface area contributed by atoms with E-state index < -0.39 is 34.0 Å². The maximum Gasteiger partial charge on any atom is 0.333 e. The number of rotatable bonds is 4. The summed E-state index contributed by atoms with van der Waals surface area (Å²) >= 11 is 0. The molecule has 1 aliphatic rings. The highest BCUT2D eigenvalue weighted by Crippen LogP contribution is 2.36. The number of anilines is 1. The van der Waals surface area contributed by atoms with Gasteiger partial charge in [-0.3, -0.25) is 4.98 Å². The SMILES string of the molecule is O=C(N=[S-](=O)c1nn(C(F)F)cc1F)Nc1c(-c2ccccc2)cnc2c1CCC2. The Labute approximate surface area is 171 Å². The van der Waals surface area contributed by atoms with Gasteiger partial charge in [-0.05, 0) is 30.4 Å². The monoisotopic (exact) mass is 434 g/mol. The molecule has 0 saturated heterocycles. The van der Waals surface area contributed by atoms with Gasteiger partial charge >= 0.3 is 12.6 Å². The number of halogens is 3. The van der Waals surface area contributed by atoms with Crippen molar-refractivity contribution in [3.05, 3.63) is 59.8 Å². The molecule has 3 aromatic rings. The van der Waals surface area contributed by atoms with Crippen LogP contribution >= 0.6 is 0 Å². The van der Waals surface area contributed by atoms with Crippen LogP contribution in [0.3, 0.4) is 0 Å². The smallest absolute Gasteiger partial charge is 0.333 e. The highest BCUT2D eigenvalue weighted by atomic mass is 32.2. The number of alkyl halides is 2. The summed E-state index contributed by atoms with van der Waals surface area (Å²) in [7, 11) is -2.59. The van der Waals surface area contributed by atoms with Gasteiger partial charge in [0.05, 0.1) is 11.9 Å². The second-order valence-electron chi connectivity index (χ2n) is 6.50. The first kappa shape index (κ1) is 20.1. The van der Waals surface area contributed by atoms with Crippen molar-refractivity contribution in [2.24, 2.45) is 4.36 Å². The number of hydrogen-bond donors (Lipinski definition) is 1. The Balaban J connectivity index is 1.67. The second-order valence-corrected chi connectivity index (χ2v) is 7.57. The number of urea groups is 1. The van der Waals surface area contributed by atoms with Crippen LogP contribution in [-0.2, 0) is 27.6 Å². The van der Waals surface area contributed by atoms with Crippen LogP contribution in [-0.4, -0.2) is 20.8 Å². The quantitative estimate of drug-likeness (QED) is 0.603. The predicted octanol–water partition coefficient (Wildman–Crippen LogP) is 4.71. The molecule has 2 amide bonds. The zero-order valence-corrected chi connectivity index (χ0v) is 16.2. The summed E-state index contributed by atoms with van der Waals surface area (Å²) in [6.45, 7) is -3.10. The molecule has 2 aromatic heterocycles. The van der Waals surface area contributed by atoms with Gasteiger partial charge in [0.15, 0.2) is 0 Å². The molecule has 0 spiro atoms. The van der Waals surface area contributed by atoms with E-state index >= 15 is 0 Å². The molecule has 0 aliphatic heterocycles. The molecule has 0 atom stereocenters. The van der Waals surface area contributed by atoms with Crippen molar-refractivity contribution in [3.8, 4) is 11.1 Å². The predicted molar refractivity (Wildman–Crippen MR) is 103 cm³/mol. The van der Waals surface area contributed by atoms with E-state index in [9.17, 15) is 22.2 Å². The summed E-state index contributed by atoms with van der Waals surface area (Å²) in [5, 5.41) is 4.98. The minimum absolute atomic E-state index is 0.0131. The maximum absolute atomic E-state index is 13.8. The summed E-state index contributed by atoms with van der Waals surface area (Å²) in [5.74, 6) is -1.24. The van der Waals surface area contributed by atoms with Crippen molar-refractivity contribution in [1.82, 2.24) is 14.8 Å². The molecule has 1 aromatic carbocycles. The number of fused-ring (bicyclic) bond motifs is 1. The average molecular weight is 434 g/mol. The Hall–Kier alpha value is -3.21. The van der Waals surface area contributed by atoms with Crippen LogP contribution < -0.4 is 5.32 Å². The molecule has 0 saturated carbocycles. The molecule has 7 nitrogen and oxygen atoms in total. The first-order valence-corrected chi connectivity index (χ1v) is 10.1. The van der Waals surface area contributed by atoms with Crippen molar-refractivity contribution in [2.75, 3.05) is 5.32 Å². The Bertz CT molecular complexity index is 1190. The van der Waals surface area contributed by atoms with Crippen LogP contribution in [0.25, 0.3) is 11.1 Å². The molecule has 0 bridgehead atoms. The van der Waals surface area contributed by atoms with Crippen LogP contribution in [0.4, 0.5) is 23.7 Å². The van der Waals surface area contributed by atoms with Crippen LogP contribution in [0.1, 0.15) is 24.2 Å². The van der Waals surface area contributed by atoms with Crippen molar-refractivity contribution in [1.29, 1.82) is 0 Å². The molecule has 1 N–H and O–H groups in total. The fourth-order valence-electron chi connectivity index (χ4n) is 3.31. The summed E-state index contributed by atoms with van der Waals surface area (Å²) in [4.78, 5) is 16.9. The van der Waals surface area contributed by atoms with Crippen LogP contribution in [0.5, 0.6) is 0 Å². The van der Waals surface area contributed by atoms with E-state index in [0.29, 0.717) is 23.9 Å². The van der Waals surface area contributed by atoms with E-state index in [4.69, 9.17) is 0 Å². The summed E-state index contributed by atoms with van der Waals surface area (Å²) in [5.41, 5.74) is 3.69. The number of amides is 2. The lowest BCUT2D eigenvalue weighted by molar-refractivity contribution is 0.0552. The Morgan fingerprint density at radius 3 is 2.70 bits per heavy atom. The normalized spacial score (nSPS) is 14.1. The molecular weight excluding hydrogens is 419 g/mol. The van der Waals surface area contributed by atoms with Gasteiger partial charge in [-0.1, -0.05) is 30.3 Å².